The van der Waals surface area contributed by atoms with Crippen LogP contribution in [0, 0.1) is 12.3 Å². The van der Waals surface area contributed by atoms with Gasteiger partial charge in [-0.15, -0.1) is 12.3 Å². The van der Waals surface area contributed by atoms with E-state index in [0.717, 1.165) is 19.4 Å². The van der Waals surface area contributed by atoms with Gasteiger partial charge >= 0.3 is 0 Å². The number of hydrogen-bond donors (Lipinski definition) is 1. The minimum atomic E-state index is 0.525. The fourth-order valence-corrected chi connectivity index (χ4v) is 1.75. The van der Waals surface area contributed by atoms with Crippen LogP contribution in [0.3, 0.4) is 0 Å². The van der Waals surface area contributed by atoms with Gasteiger partial charge in [-0.2, -0.15) is 0 Å². The predicted octanol–water partition coefficient (Wildman–Crippen LogP) is 3.18. The number of rotatable bonds is 6. The smallest absolute Gasteiger partial charge is 0.00923 e. The van der Waals surface area contributed by atoms with E-state index in [1.807, 2.05) is 0 Å². The summed E-state index contributed by atoms with van der Waals surface area (Å²) in [4.78, 5) is 0. The third-order valence-corrected chi connectivity index (χ3v) is 2.68. The first-order valence-corrected chi connectivity index (χ1v) is 5.96. The second kappa shape index (κ2) is 7.09. The third kappa shape index (κ3) is 4.51. The summed E-state index contributed by atoms with van der Waals surface area (Å²) in [6.07, 6.45) is 7.24. The largest absolute Gasteiger partial charge is 0.314 e. The molecule has 0 bridgehead atoms. The van der Waals surface area contributed by atoms with Gasteiger partial charge in [0, 0.05) is 19.0 Å². The topological polar surface area (TPSA) is 12.0 Å². The van der Waals surface area contributed by atoms with Crippen LogP contribution in [-0.4, -0.2) is 12.6 Å². The molecule has 0 spiro atoms. The molecule has 0 aliphatic carbocycles. The maximum atomic E-state index is 5.34. The summed E-state index contributed by atoms with van der Waals surface area (Å²) < 4.78 is 0. The van der Waals surface area contributed by atoms with Crippen molar-refractivity contribution in [2.45, 2.75) is 38.6 Å². The van der Waals surface area contributed by atoms with Crippen molar-refractivity contribution in [2.24, 2.45) is 0 Å². The molecule has 1 unspecified atom stereocenters. The van der Waals surface area contributed by atoms with Crippen LogP contribution in [0.25, 0.3) is 0 Å². The summed E-state index contributed by atoms with van der Waals surface area (Å²) in [5, 5.41) is 3.48. The van der Waals surface area contributed by atoms with Gasteiger partial charge in [0.05, 0.1) is 0 Å². The molecular formula is C15H21N. The van der Waals surface area contributed by atoms with Crippen LogP contribution < -0.4 is 5.32 Å². The van der Waals surface area contributed by atoms with E-state index in [0.29, 0.717) is 12.0 Å². The molecule has 1 N–H and O–H groups in total. The molecule has 0 fully saturated rings. The Balaban J connectivity index is 2.60. The van der Waals surface area contributed by atoms with Crippen LogP contribution in [0.5, 0.6) is 0 Å². The number of nitrogens with one attached hydrogen (secondary N) is 1. The van der Waals surface area contributed by atoms with Crippen molar-refractivity contribution in [3.8, 4) is 12.3 Å². The molecule has 0 saturated carbocycles. The molecule has 1 nitrogen and oxygen atoms in total. The Hall–Kier alpha value is -1.26. The van der Waals surface area contributed by atoms with Crippen LogP contribution in [0.15, 0.2) is 30.3 Å². The van der Waals surface area contributed by atoms with E-state index in [4.69, 9.17) is 6.42 Å². The van der Waals surface area contributed by atoms with Crippen molar-refractivity contribution in [2.75, 3.05) is 6.54 Å². The highest BCUT2D eigenvalue weighted by Gasteiger charge is 2.10. The van der Waals surface area contributed by atoms with E-state index in [2.05, 4.69) is 55.4 Å². The van der Waals surface area contributed by atoms with Gasteiger partial charge in [-0.3, -0.25) is 0 Å². The summed E-state index contributed by atoms with van der Waals surface area (Å²) >= 11 is 0. The van der Waals surface area contributed by atoms with Gasteiger partial charge in [-0.1, -0.05) is 44.2 Å². The zero-order valence-electron chi connectivity index (χ0n) is 10.2. The van der Waals surface area contributed by atoms with Crippen LogP contribution in [0.4, 0.5) is 0 Å². The van der Waals surface area contributed by atoms with Crippen molar-refractivity contribution in [1.29, 1.82) is 0 Å². The highest BCUT2D eigenvalue weighted by atomic mass is 14.9. The summed E-state index contributed by atoms with van der Waals surface area (Å²) in [6.45, 7) is 5.34. The minimum absolute atomic E-state index is 0.525. The first-order valence-electron chi connectivity index (χ1n) is 5.96. The second-order valence-corrected chi connectivity index (χ2v) is 4.41. The first-order chi connectivity index (χ1) is 7.74. The van der Waals surface area contributed by atoms with E-state index >= 15 is 0 Å². The molecule has 0 radical (unpaired) electrons. The van der Waals surface area contributed by atoms with Gasteiger partial charge in [-0.05, 0) is 17.9 Å². The molecule has 0 amide bonds. The molecule has 0 aliphatic rings. The molecular weight excluding hydrogens is 194 g/mol. The van der Waals surface area contributed by atoms with Gasteiger partial charge in [0.1, 0.15) is 0 Å². The van der Waals surface area contributed by atoms with Gasteiger partial charge in [-0.25, -0.2) is 0 Å². The Morgan fingerprint density at radius 3 is 2.50 bits per heavy atom. The lowest BCUT2D eigenvalue weighted by Crippen LogP contribution is -2.28. The van der Waals surface area contributed by atoms with Gasteiger partial charge < -0.3 is 5.32 Å². The molecule has 0 saturated heterocycles. The Morgan fingerprint density at radius 1 is 1.25 bits per heavy atom. The monoisotopic (exact) mass is 215 g/mol. The summed E-state index contributed by atoms with van der Waals surface area (Å²) in [5.41, 5.74) is 1.38. The summed E-state index contributed by atoms with van der Waals surface area (Å²) in [5.74, 6) is 3.26. The zero-order chi connectivity index (χ0) is 11.8. The van der Waals surface area contributed by atoms with Crippen molar-refractivity contribution < 1.29 is 0 Å². The standard InChI is InChI=1S/C15H21N/c1-4-5-9-15(12-16-13(2)3)14-10-7-6-8-11-14/h1,6-8,10-11,13,15-16H,5,9,12H2,2-3H3. The van der Waals surface area contributed by atoms with Gasteiger partial charge in [0.15, 0.2) is 0 Å². The average Bonchev–Trinajstić information content (AvgIpc) is 2.30. The SMILES string of the molecule is C#CCCC(CNC(C)C)c1ccccc1. The quantitative estimate of drug-likeness (QED) is 0.719. The molecule has 0 aliphatic heterocycles. The van der Waals surface area contributed by atoms with E-state index < -0.39 is 0 Å². The first kappa shape index (κ1) is 12.8. The van der Waals surface area contributed by atoms with Crippen molar-refractivity contribution in [3.05, 3.63) is 35.9 Å². The van der Waals surface area contributed by atoms with Crippen molar-refractivity contribution in [1.82, 2.24) is 5.32 Å². The molecule has 0 aromatic heterocycles. The maximum absolute atomic E-state index is 5.34. The summed E-state index contributed by atoms with van der Waals surface area (Å²) in [7, 11) is 0. The normalized spacial score (nSPS) is 12.4. The van der Waals surface area contributed by atoms with Crippen LogP contribution in [-0.2, 0) is 0 Å². The summed E-state index contributed by atoms with van der Waals surface area (Å²) in [6, 6.07) is 11.1. The van der Waals surface area contributed by atoms with Crippen LogP contribution >= 0.6 is 0 Å². The van der Waals surface area contributed by atoms with Gasteiger partial charge in [0.2, 0.25) is 0 Å². The van der Waals surface area contributed by atoms with Crippen molar-refractivity contribution in [3.63, 3.8) is 0 Å². The van der Waals surface area contributed by atoms with E-state index in [1.165, 1.54) is 5.56 Å². The maximum Gasteiger partial charge on any atom is 0.00923 e. The molecule has 86 valence electrons. The van der Waals surface area contributed by atoms with Gasteiger partial charge in [0.25, 0.3) is 0 Å². The average molecular weight is 215 g/mol. The Bertz CT molecular complexity index is 321. The minimum Gasteiger partial charge on any atom is -0.314 e. The Labute approximate surface area is 99.3 Å². The molecule has 1 atom stereocenters. The Morgan fingerprint density at radius 2 is 1.94 bits per heavy atom. The van der Waals surface area contributed by atoms with E-state index in [-0.39, 0.29) is 0 Å². The third-order valence-electron chi connectivity index (χ3n) is 2.68. The fraction of sp³-hybridized carbons (Fsp3) is 0.467. The lowest BCUT2D eigenvalue weighted by molar-refractivity contribution is 0.512. The molecule has 16 heavy (non-hydrogen) atoms. The number of hydrogen-bond acceptors (Lipinski definition) is 1. The second-order valence-electron chi connectivity index (χ2n) is 4.41. The van der Waals surface area contributed by atoms with E-state index in [9.17, 15) is 0 Å². The fourth-order valence-electron chi connectivity index (χ4n) is 1.75. The number of terminal acetylenes is 1. The van der Waals surface area contributed by atoms with Crippen LogP contribution in [0.1, 0.15) is 38.2 Å². The Kier molecular flexibility index (Phi) is 5.67. The highest BCUT2D eigenvalue weighted by molar-refractivity contribution is 5.20. The molecule has 1 aromatic carbocycles. The number of benzene rings is 1. The molecule has 1 rings (SSSR count). The van der Waals surface area contributed by atoms with Crippen molar-refractivity contribution >= 4 is 0 Å². The zero-order valence-corrected chi connectivity index (χ0v) is 10.2. The highest BCUT2D eigenvalue weighted by Crippen LogP contribution is 2.20. The van der Waals surface area contributed by atoms with Crippen LogP contribution in [0.2, 0.25) is 0 Å². The lowest BCUT2D eigenvalue weighted by atomic mass is 9.94. The molecule has 0 heterocycles. The predicted molar refractivity (Wildman–Crippen MR) is 70.4 cm³/mol. The molecule has 1 aromatic rings. The van der Waals surface area contributed by atoms with E-state index in [1.54, 1.807) is 0 Å². The molecule has 1 heteroatoms. The lowest BCUT2D eigenvalue weighted by Gasteiger charge is -2.18.